The first-order valence-corrected chi connectivity index (χ1v) is 39.1. The smallest absolute Gasteiger partial charge is 0.306 e. The molecule has 0 fully saturated rings. The Morgan fingerprint density at radius 1 is 0.344 bits per heavy atom. The average Bonchev–Trinajstić information content (AvgIpc) is 3.58. The van der Waals surface area contributed by atoms with E-state index in [4.69, 9.17) is 18.5 Å². The second-order valence-electron chi connectivity index (χ2n) is 26.3. The minimum Gasteiger partial charge on any atom is -0.756 e. The summed E-state index contributed by atoms with van der Waals surface area (Å²) in [6.07, 6.45) is 99.1. The number of nitrogens with zero attached hydrogens (tertiary/aromatic N) is 1. The molecule has 0 aromatic rings. The summed E-state index contributed by atoms with van der Waals surface area (Å²) in [7, 11) is 1.17. The summed E-state index contributed by atoms with van der Waals surface area (Å²) >= 11 is 0. The molecule has 0 aliphatic carbocycles. The van der Waals surface area contributed by atoms with Gasteiger partial charge in [-0.1, -0.05) is 335 Å². The Balaban J connectivity index is 3.95. The van der Waals surface area contributed by atoms with Crippen LogP contribution in [-0.2, 0) is 32.7 Å². The normalized spacial score (nSPS) is 13.7. The van der Waals surface area contributed by atoms with Crippen LogP contribution in [-0.4, -0.2) is 70.0 Å². The van der Waals surface area contributed by atoms with Crippen molar-refractivity contribution in [2.75, 3.05) is 47.5 Å². The van der Waals surface area contributed by atoms with Gasteiger partial charge in [0, 0.05) is 12.8 Å². The number of likely N-dealkylation sites (N-methyl/N-ethyl adjacent to an activating group) is 1. The van der Waals surface area contributed by atoms with E-state index in [-0.39, 0.29) is 32.0 Å². The van der Waals surface area contributed by atoms with Gasteiger partial charge in [-0.3, -0.25) is 14.2 Å². The van der Waals surface area contributed by atoms with E-state index in [2.05, 4.69) is 123 Å². The first-order chi connectivity index (χ1) is 44.0. The zero-order chi connectivity index (χ0) is 65.5. The predicted octanol–water partition coefficient (Wildman–Crippen LogP) is 24.2. The van der Waals surface area contributed by atoms with E-state index in [1.807, 2.05) is 21.1 Å². The van der Waals surface area contributed by atoms with Gasteiger partial charge in [-0.2, -0.15) is 0 Å². The van der Waals surface area contributed by atoms with Crippen molar-refractivity contribution in [1.29, 1.82) is 0 Å². The molecule has 0 spiro atoms. The maximum Gasteiger partial charge on any atom is 0.306 e. The number of carbonyl (C=O) groups is 2. The highest BCUT2D eigenvalue weighted by atomic mass is 31.2. The quantitative estimate of drug-likeness (QED) is 0.0195. The average molecular weight is 1280 g/mol. The third kappa shape index (κ3) is 73.7. The molecule has 520 valence electrons. The van der Waals surface area contributed by atoms with Gasteiger partial charge in [0.05, 0.1) is 27.7 Å². The summed E-state index contributed by atoms with van der Waals surface area (Å²) < 4.78 is 34.4. The van der Waals surface area contributed by atoms with E-state index in [0.717, 1.165) is 96.3 Å². The molecule has 0 bridgehead atoms. The molecule has 0 heterocycles. The van der Waals surface area contributed by atoms with Gasteiger partial charge in [0.1, 0.15) is 19.8 Å². The molecule has 0 aliphatic heterocycles. The SMILES string of the molecule is CC/C=C\C/C=C\C/C=C\C/C=C\C/C=C\CCCCCCCCCCCCCCCCCCCCCCCCCC(=O)OC(COC(=O)CCCCCCCCCCCCCCCC/C=C\C/C=C\C/C=C\C/C=C\CC)COP(=O)([O-])OCC[N+](C)(C)C. The highest BCUT2D eigenvalue weighted by molar-refractivity contribution is 7.45. The van der Waals surface area contributed by atoms with Crippen molar-refractivity contribution in [1.82, 2.24) is 0 Å². The van der Waals surface area contributed by atoms with E-state index in [0.29, 0.717) is 17.4 Å². The van der Waals surface area contributed by atoms with Crippen LogP contribution in [0.1, 0.15) is 335 Å². The molecule has 0 aromatic carbocycles. The monoisotopic (exact) mass is 1280 g/mol. The van der Waals surface area contributed by atoms with Gasteiger partial charge in [-0.25, -0.2) is 0 Å². The molecule has 10 heteroatoms. The zero-order valence-electron chi connectivity index (χ0n) is 59.3. The summed E-state index contributed by atoms with van der Waals surface area (Å²) in [5.41, 5.74) is 0. The van der Waals surface area contributed by atoms with Gasteiger partial charge in [-0.15, -0.1) is 0 Å². The van der Waals surface area contributed by atoms with Crippen molar-refractivity contribution in [2.45, 2.75) is 341 Å². The highest BCUT2D eigenvalue weighted by Crippen LogP contribution is 2.38. The van der Waals surface area contributed by atoms with Crippen LogP contribution in [0.15, 0.2) is 109 Å². The molecule has 90 heavy (non-hydrogen) atoms. The molecule has 2 unspecified atom stereocenters. The number of hydrogen-bond donors (Lipinski definition) is 0. The number of quaternary nitrogens is 1. The molecule has 0 radical (unpaired) electrons. The van der Waals surface area contributed by atoms with Crippen molar-refractivity contribution < 1.29 is 42.1 Å². The third-order valence-corrected chi connectivity index (χ3v) is 17.3. The fourth-order valence-electron chi connectivity index (χ4n) is 10.6. The van der Waals surface area contributed by atoms with Crippen molar-refractivity contribution >= 4 is 19.8 Å². The molecule has 0 saturated carbocycles. The lowest BCUT2D eigenvalue weighted by atomic mass is 10.0. The Labute approximate surface area is 556 Å². The zero-order valence-corrected chi connectivity index (χ0v) is 60.2. The summed E-state index contributed by atoms with van der Waals surface area (Å²) in [4.78, 5) is 38.1. The molecule has 0 aliphatic rings. The van der Waals surface area contributed by atoms with Crippen LogP contribution in [0, 0.1) is 0 Å². The number of unbranched alkanes of at least 4 members (excludes halogenated alkanes) is 37. The Bertz CT molecular complexity index is 1890. The maximum absolute atomic E-state index is 12.9. The van der Waals surface area contributed by atoms with Crippen LogP contribution in [0.5, 0.6) is 0 Å². The lowest BCUT2D eigenvalue weighted by molar-refractivity contribution is -0.870. The number of allylic oxidation sites excluding steroid dienone is 18. The van der Waals surface area contributed by atoms with Crippen molar-refractivity contribution in [3.63, 3.8) is 0 Å². The third-order valence-electron chi connectivity index (χ3n) is 16.3. The van der Waals surface area contributed by atoms with Gasteiger partial charge in [0.2, 0.25) is 0 Å². The van der Waals surface area contributed by atoms with Crippen LogP contribution >= 0.6 is 7.82 Å². The van der Waals surface area contributed by atoms with Crippen LogP contribution in [0.25, 0.3) is 0 Å². The second kappa shape index (κ2) is 70.0. The van der Waals surface area contributed by atoms with E-state index < -0.39 is 26.5 Å². The van der Waals surface area contributed by atoms with E-state index >= 15 is 0 Å². The minimum atomic E-state index is -4.65. The predicted molar refractivity (Wildman–Crippen MR) is 388 cm³/mol. The van der Waals surface area contributed by atoms with Crippen molar-refractivity contribution in [3.05, 3.63) is 109 Å². The number of hydrogen-bond acceptors (Lipinski definition) is 8. The second-order valence-corrected chi connectivity index (χ2v) is 27.7. The molecule has 0 amide bonds. The first kappa shape index (κ1) is 86.7. The first-order valence-electron chi connectivity index (χ1n) is 37.6. The Morgan fingerprint density at radius 2 is 0.600 bits per heavy atom. The summed E-state index contributed by atoms with van der Waals surface area (Å²) in [5.74, 6) is -0.822. The molecule has 0 rings (SSSR count). The highest BCUT2D eigenvalue weighted by Gasteiger charge is 2.22. The molecule has 0 N–H and O–H groups in total. The maximum atomic E-state index is 12.9. The van der Waals surface area contributed by atoms with Crippen LogP contribution < -0.4 is 4.89 Å². The number of esters is 2. The molecular formula is C80H142NO8P. The van der Waals surface area contributed by atoms with Gasteiger partial charge >= 0.3 is 11.9 Å². The van der Waals surface area contributed by atoms with Crippen LogP contribution in [0.2, 0.25) is 0 Å². The van der Waals surface area contributed by atoms with Gasteiger partial charge in [-0.05, 0) is 96.3 Å². The molecule has 9 nitrogen and oxygen atoms in total. The summed E-state index contributed by atoms with van der Waals surface area (Å²) in [6, 6.07) is 0. The number of phosphoric ester groups is 1. The van der Waals surface area contributed by atoms with Crippen molar-refractivity contribution in [3.8, 4) is 0 Å². The standard InChI is InChI=1S/C80H142NO8P/c1-6-8-10-12-14-16-18-20-22-24-26-28-30-32-34-35-36-37-38-39-40-41-42-43-44-45-47-49-51-53-55-57-59-61-63-65-67-69-71-73-80(83)89-78(77-88-90(84,85)87-75-74-81(3,4)5)76-86-79(82)72-70-68-66-64-62-60-58-56-54-52-50-48-46-33-31-29-27-25-23-21-19-17-15-13-11-9-7-2/h8-11,14-17,20-23,26-29,32,34,78H,6-7,12-13,18-19,24-25,30-31,33,35-77H2,1-5H3/b10-8-,11-9-,16-14-,17-15-,22-20-,23-21-,28-26-,29-27-,34-32-. The minimum absolute atomic E-state index is 0.0321. The molecule has 0 aromatic heterocycles. The number of phosphoric acid groups is 1. The lowest BCUT2D eigenvalue weighted by Crippen LogP contribution is -2.37. The van der Waals surface area contributed by atoms with E-state index in [9.17, 15) is 19.0 Å². The van der Waals surface area contributed by atoms with Crippen LogP contribution in [0.4, 0.5) is 0 Å². The number of ether oxygens (including phenoxy) is 2. The number of carbonyl (C=O) groups excluding carboxylic acids is 2. The summed E-state index contributed by atoms with van der Waals surface area (Å²) in [6.45, 7) is 4.05. The lowest BCUT2D eigenvalue weighted by Gasteiger charge is -2.28. The topological polar surface area (TPSA) is 111 Å². The van der Waals surface area contributed by atoms with Crippen LogP contribution in [0.3, 0.4) is 0 Å². The van der Waals surface area contributed by atoms with Gasteiger partial charge < -0.3 is 27.9 Å². The van der Waals surface area contributed by atoms with E-state index in [1.165, 1.54) is 205 Å². The largest absolute Gasteiger partial charge is 0.756 e. The molecular weight excluding hydrogens is 1130 g/mol. The molecule has 0 saturated heterocycles. The summed E-state index contributed by atoms with van der Waals surface area (Å²) in [5, 5.41) is 0. The fourth-order valence-corrected chi connectivity index (χ4v) is 11.3. The Morgan fingerprint density at radius 3 is 0.889 bits per heavy atom. The van der Waals surface area contributed by atoms with E-state index in [1.54, 1.807) is 0 Å². The van der Waals surface area contributed by atoms with Gasteiger partial charge in [0.25, 0.3) is 7.82 Å². The van der Waals surface area contributed by atoms with Crippen molar-refractivity contribution in [2.24, 2.45) is 0 Å². The Kier molecular flexibility index (Phi) is 67.4. The van der Waals surface area contributed by atoms with Gasteiger partial charge in [0.15, 0.2) is 6.10 Å². The Hall–Kier alpha value is -3.33. The molecule has 2 atom stereocenters. The fraction of sp³-hybridized carbons (Fsp3) is 0.750. The number of rotatable bonds is 69.